The number of sulfonamides is 1. The second kappa shape index (κ2) is 9.72. The fourth-order valence-corrected chi connectivity index (χ4v) is 2.98. The highest BCUT2D eigenvalue weighted by Gasteiger charge is 2.10. The van der Waals surface area contributed by atoms with E-state index in [1.165, 1.54) is 44.5 Å². The molecule has 1 amide bonds. The summed E-state index contributed by atoms with van der Waals surface area (Å²) in [5.41, 5.74) is 1.24. The summed E-state index contributed by atoms with van der Waals surface area (Å²) in [5.74, 6) is 0.779. The van der Waals surface area contributed by atoms with E-state index in [0.29, 0.717) is 23.8 Å². The lowest BCUT2D eigenvalue weighted by Crippen LogP contribution is -2.18. The molecule has 0 aliphatic carbocycles. The minimum atomic E-state index is -3.51. The Balaban J connectivity index is 2.04. The van der Waals surface area contributed by atoms with Crippen LogP contribution in [0.25, 0.3) is 6.08 Å². The van der Waals surface area contributed by atoms with Crippen molar-refractivity contribution in [3.63, 3.8) is 0 Å². The van der Waals surface area contributed by atoms with E-state index in [4.69, 9.17) is 9.47 Å². The molecule has 0 fully saturated rings. The van der Waals surface area contributed by atoms with Crippen LogP contribution in [0.1, 0.15) is 5.56 Å². The molecule has 0 heterocycles. The molecule has 0 aliphatic rings. The third-order valence-corrected chi connectivity index (χ3v) is 5.10. The molecule has 0 spiro atoms. The Hall–Kier alpha value is -3.10. The molecule has 2 rings (SSSR count). The van der Waals surface area contributed by atoms with Crippen LogP contribution in [0.3, 0.4) is 0 Å². The minimum Gasteiger partial charge on any atom is -0.493 e. The topological polar surface area (TPSA) is 93.7 Å². The number of rotatable bonds is 9. The van der Waals surface area contributed by atoms with E-state index >= 15 is 0 Å². The Kier molecular flexibility index (Phi) is 7.36. The SMILES string of the molecule is C=CCOc1ccc(/C=C/C(=O)Nc2ccc(S(=O)(=O)NC)cc2)cc1OC. The number of carbonyl (C=O) groups excluding carboxylic acids is 1. The second-order valence-corrected chi connectivity index (χ2v) is 7.45. The Labute approximate surface area is 164 Å². The van der Waals surface area contributed by atoms with Crippen molar-refractivity contribution in [2.45, 2.75) is 4.90 Å². The van der Waals surface area contributed by atoms with Crippen LogP contribution in [0, 0.1) is 0 Å². The number of ether oxygens (including phenoxy) is 2. The number of benzene rings is 2. The van der Waals surface area contributed by atoms with Gasteiger partial charge in [-0.3, -0.25) is 4.79 Å². The number of carbonyl (C=O) groups is 1. The minimum absolute atomic E-state index is 0.120. The van der Waals surface area contributed by atoms with Crippen molar-refractivity contribution in [1.82, 2.24) is 4.72 Å². The second-order valence-electron chi connectivity index (χ2n) is 5.56. The molecule has 2 aromatic carbocycles. The average Bonchev–Trinajstić information content (AvgIpc) is 2.71. The third-order valence-electron chi connectivity index (χ3n) is 3.67. The molecule has 0 aliphatic heterocycles. The summed E-state index contributed by atoms with van der Waals surface area (Å²) in [4.78, 5) is 12.2. The lowest BCUT2D eigenvalue weighted by Gasteiger charge is -2.09. The van der Waals surface area contributed by atoms with Crippen LogP contribution in [0.2, 0.25) is 0 Å². The zero-order chi connectivity index (χ0) is 20.6. The van der Waals surface area contributed by atoms with Crippen LogP contribution in [0.15, 0.2) is 66.1 Å². The first kappa shape index (κ1) is 21.2. The van der Waals surface area contributed by atoms with Gasteiger partial charge >= 0.3 is 0 Å². The number of hydrogen-bond donors (Lipinski definition) is 2. The number of amides is 1. The quantitative estimate of drug-likeness (QED) is 0.497. The molecule has 148 valence electrons. The van der Waals surface area contributed by atoms with Crippen LogP contribution in [0.5, 0.6) is 11.5 Å². The lowest BCUT2D eigenvalue weighted by atomic mass is 10.2. The van der Waals surface area contributed by atoms with Crippen LogP contribution in [-0.4, -0.2) is 35.1 Å². The predicted molar refractivity (Wildman–Crippen MR) is 109 cm³/mol. The average molecular weight is 402 g/mol. The summed E-state index contributed by atoms with van der Waals surface area (Å²) in [6.07, 6.45) is 4.64. The Morgan fingerprint density at radius 1 is 1.14 bits per heavy atom. The highest BCUT2D eigenvalue weighted by molar-refractivity contribution is 7.89. The van der Waals surface area contributed by atoms with Crippen molar-refractivity contribution in [2.24, 2.45) is 0 Å². The Bertz CT molecular complexity index is 967. The van der Waals surface area contributed by atoms with Crippen LogP contribution >= 0.6 is 0 Å². The molecule has 0 saturated carbocycles. The number of anilines is 1. The van der Waals surface area contributed by atoms with E-state index in [1.54, 1.807) is 30.4 Å². The van der Waals surface area contributed by atoms with Gasteiger partial charge in [-0.1, -0.05) is 18.7 Å². The van der Waals surface area contributed by atoms with Crippen molar-refractivity contribution in [3.8, 4) is 11.5 Å². The molecule has 2 aromatic rings. The van der Waals surface area contributed by atoms with E-state index < -0.39 is 10.0 Å². The molecular formula is C20H22N2O5S. The number of nitrogens with one attached hydrogen (secondary N) is 2. The molecule has 0 aromatic heterocycles. The zero-order valence-electron chi connectivity index (χ0n) is 15.6. The van der Waals surface area contributed by atoms with Gasteiger partial charge in [0.25, 0.3) is 0 Å². The molecule has 28 heavy (non-hydrogen) atoms. The largest absolute Gasteiger partial charge is 0.493 e. The van der Waals surface area contributed by atoms with Gasteiger partial charge in [0.05, 0.1) is 12.0 Å². The van der Waals surface area contributed by atoms with Gasteiger partial charge in [-0.05, 0) is 55.1 Å². The van der Waals surface area contributed by atoms with E-state index in [-0.39, 0.29) is 10.8 Å². The number of methoxy groups -OCH3 is 1. The highest BCUT2D eigenvalue weighted by Crippen LogP contribution is 2.28. The summed E-state index contributed by atoms with van der Waals surface area (Å²) in [5, 5.41) is 2.67. The van der Waals surface area contributed by atoms with Crippen LogP contribution in [-0.2, 0) is 14.8 Å². The maximum atomic E-state index is 12.1. The highest BCUT2D eigenvalue weighted by atomic mass is 32.2. The van der Waals surface area contributed by atoms with Gasteiger partial charge in [-0.25, -0.2) is 13.1 Å². The van der Waals surface area contributed by atoms with Gasteiger partial charge in [0, 0.05) is 11.8 Å². The first-order chi connectivity index (χ1) is 13.4. The van der Waals surface area contributed by atoms with Gasteiger partial charge < -0.3 is 14.8 Å². The summed E-state index contributed by atoms with van der Waals surface area (Å²) >= 11 is 0. The first-order valence-corrected chi connectivity index (χ1v) is 9.82. The van der Waals surface area contributed by atoms with Crippen molar-refractivity contribution < 1.29 is 22.7 Å². The Morgan fingerprint density at radius 3 is 2.46 bits per heavy atom. The van der Waals surface area contributed by atoms with Gasteiger partial charge in [-0.2, -0.15) is 0 Å². The third kappa shape index (κ3) is 5.70. The van der Waals surface area contributed by atoms with Gasteiger partial charge in [0.15, 0.2) is 11.5 Å². The summed E-state index contributed by atoms with van der Waals surface area (Å²) < 4.78 is 36.4. The molecule has 8 heteroatoms. The van der Waals surface area contributed by atoms with Gasteiger partial charge in [-0.15, -0.1) is 0 Å². The standard InChI is InChI=1S/C20H22N2O5S/c1-4-13-27-18-11-5-15(14-19(18)26-3)6-12-20(23)22-16-7-9-17(10-8-16)28(24,25)21-2/h4-12,14,21H,1,13H2,2-3H3,(H,22,23)/b12-6+. The fraction of sp³-hybridized carbons (Fsp3) is 0.150. The molecule has 0 unspecified atom stereocenters. The lowest BCUT2D eigenvalue weighted by molar-refractivity contribution is -0.111. The molecule has 0 atom stereocenters. The Morgan fingerprint density at radius 2 is 1.86 bits per heavy atom. The number of hydrogen-bond acceptors (Lipinski definition) is 5. The smallest absolute Gasteiger partial charge is 0.248 e. The van der Waals surface area contributed by atoms with Gasteiger partial charge in [0.2, 0.25) is 15.9 Å². The maximum Gasteiger partial charge on any atom is 0.248 e. The normalized spacial score (nSPS) is 11.2. The maximum absolute atomic E-state index is 12.1. The van der Waals surface area contributed by atoms with Crippen molar-refractivity contribution >= 4 is 27.7 Å². The van der Waals surface area contributed by atoms with Crippen molar-refractivity contribution in [1.29, 1.82) is 0 Å². The van der Waals surface area contributed by atoms with Crippen molar-refractivity contribution in [2.75, 3.05) is 26.1 Å². The monoisotopic (exact) mass is 402 g/mol. The molecule has 0 saturated heterocycles. The van der Waals surface area contributed by atoms with E-state index in [0.717, 1.165) is 5.56 Å². The van der Waals surface area contributed by atoms with Crippen LogP contribution < -0.4 is 19.5 Å². The summed E-state index contributed by atoms with van der Waals surface area (Å²) in [6, 6.07) is 11.2. The molecule has 7 nitrogen and oxygen atoms in total. The van der Waals surface area contributed by atoms with E-state index in [2.05, 4.69) is 16.6 Å². The summed E-state index contributed by atoms with van der Waals surface area (Å²) in [6.45, 7) is 3.96. The summed E-state index contributed by atoms with van der Waals surface area (Å²) in [7, 11) is -0.638. The molecular weight excluding hydrogens is 380 g/mol. The van der Waals surface area contributed by atoms with Crippen molar-refractivity contribution in [3.05, 3.63) is 66.8 Å². The predicted octanol–water partition coefficient (Wildman–Crippen LogP) is 2.82. The first-order valence-electron chi connectivity index (χ1n) is 8.34. The van der Waals surface area contributed by atoms with E-state index in [9.17, 15) is 13.2 Å². The molecule has 2 N–H and O–H groups in total. The zero-order valence-corrected chi connectivity index (χ0v) is 16.5. The molecule has 0 radical (unpaired) electrons. The van der Waals surface area contributed by atoms with E-state index in [1.807, 2.05) is 0 Å². The fourth-order valence-electron chi connectivity index (χ4n) is 2.25. The van der Waals surface area contributed by atoms with Crippen LogP contribution in [0.4, 0.5) is 5.69 Å². The molecule has 0 bridgehead atoms. The van der Waals surface area contributed by atoms with Gasteiger partial charge in [0.1, 0.15) is 6.61 Å².